The average Bonchev–Trinajstić information content (AvgIpc) is 2.51. The van der Waals surface area contributed by atoms with Crippen molar-refractivity contribution in [3.8, 4) is 0 Å². The standard InChI is InChI=1S/C16H15Cl2FN2O3S/c1-25(23,24)21(9-11-2-5-13(19)6-3-11)10-16(22)20-15-8-12(17)4-7-14(15)18/h2-8H,9-10H2,1H3,(H,20,22). The lowest BCUT2D eigenvalue weighted by Crippen LogP contribution is -2.36. The monoisotopic (exact) mass is 404 g/mol. The molecule has 0 atom stereocenters. The predicted molar refractivity (Wildman–Crippen MR) is 96.7 cm³/mol. The van der Waals surface area contributed by atoms with Crippen molar-refractivity contribution < 1.29 is 17.6 Å². The lowest BCUT2D eigenvalue weighted by molar-refractivity contribution is -0.116. The molecule has 0 bridgehead atoms. The van der Waals surface area contributed by atoms with Gasteiger partial charge in [-0.25, -0.2) is 12.8 Å². The highest BCUT2D eigenvalue weighted by molar-refractivity contribution is 7.88. The number of benzene rings is 2. The van der Waals surface area contributed by atoms with Gasteiger partial charge in [0.05, 0.1) is 23.5 Å². The van der Waals surface area contributed by atoms with Gasteiger partial charge < -0.3 is 5.32 Å². The SMILES string of the molecule is CS(=O)(=O)N(CC(=O)Nc1cc(Cl)ccc1Cl)Cc1ccc(F)cc1. The lowest BCUT2D eigenvalue weighted by atomic mass is 10.2. The van der Waals surface area contributed by atoms with Gasteiger partial charge in [0.2, 0.25) is 15.9 Å². The Hall–Kier alpha value is -1.67. The Bertz CT molecular complexity index is 873. The first kappa shape index (κ1) is 19.7. The van der Waals surface area contributed by atoms with Crippen LogP contribution in [0.2, 0.25) is 10.0 Å². The Morgan fingerprint density at radius 1 is 1.16 bits per heavy atom. The van der Waals surface area contributed by atoms with Crippen LogP contribution in [0.5, 0.6) is 0 Å². The number of carbonyl (C=O) groups excluding carboxylic acids is 1. The number of hydrogen-bond donors (Lipinski definition) is 1. The number of hydrogen-bond acceptors (Lipinski definition) is 3. The Balaban J connectivity index is 2.12. The molecule has 2 aromatic rings. The number of nitrogens with one attached hydrogen (secondary N) is 1. The van der Waals surface area contributed by atoms with E-state index in [1.54, 1.807) is 6.07 Å². The molecule has 0 unspecified atom stereocenters. The van der Waals surface area contributed by atoms with Crippen molar-refractivity contribution in [2.24, 2.45) is 0 Å². The molecule has 0 spiro atoms. The summed E-state index contributed by atoms with van der Waals surface area (Å²) in [5.41, 5.74) is 0.842. The van der Waals surface area contributed by atoms with E-state index in [0.717, 1.165) is 10.6 Å². The zero-order chi connectivity index (χ0) is 18.6. The summed E-state index contributed by atoms with van der Waals surface area (Å²) < 4.78 is 37.8. The third kappa shape index (κ3) is 5.97. The van der Waals surface area contributed by atoms with Crippen LogP contribution in [0.1, 0.15) is 5.56 Å². The molecule has 0 radical (unpaired) electrons. The molecule has 134 valence electrons. The average molecular weight is 405 g/mol. The molecular weight excluding hydrogens is 390 g/mol. The number of nitrogens with zero attached hydrogens (tertiary/aromatic N) is 1. The lowest BCUT2D eigenvalue weighted by Gasteiger charge is -2.20. The van der Waals surface area contributed by atoms with Crippen molar-refractivity contribution in [3.05, 3.63) is 63.9 Å². The topological polar surface area (TPSA) is 66.5 Å². The molecule has 0 saturated heterocycles. The van der Waals surface area contributed by atoms with Crippen LogP contribution in [-0.4, -0.2) is 31.4 Å². The zero-order valence-corrected chi connectivity index (χ0v) is 15.5. The van der Waals surface area contributed by atoms with Gasteiger partial charge in [-0.3, -0.25) is 4.79 Å². The van der Waals surface area contributed by atoms with Crippen LogP contribution in [0, 0.1) is 5.82 Å². The van der Waals surface area contributed by atoms with Gasteiger partial charge in [0.1, 0.15) is 5.82 Å². The molecule has 0 saturated carbocycles. The third-order valence-corrected chi connectivity index (χ3v) is 5.02. The molecule has 2 rings (SSSR count). The normalized spacial score (nSPS) is 11.6. The molecule has 0 aliphatic carbocycles. The fourth-order valence-corrected chi connectivity index (χ4v) is 3.10. The van der Waals surface area contributed by atoms with Gasteiger partial charge in [-0.2, -0.15) is 4.31 Å². The largest absolute Gasteiger partial charge is 0.324 e. The minimum absolute atomic E-state index is 0.0597. The van der Waals surface area contributed by atoms with Crippen LogP contribution >= 0.6 is 23.2 Å². The summed E-state index contributed by atoms with van der Waals surface area (Å²) in [7, 11) is -3.66. The second-order valence-electron chi connectivity index (χ2n) is 5.33. The fraction of sp³-hybridized carbons (Fsp3) is 0.188. The van der Waals surface area contributed by atoms with E-state index < -0.39 is 28.3 Å². The van der Waals surface area contributed by atoms with Gasteiger partial charge in [-0.05, 0) is 35.9 Å². The van der Waals surface area contributed by atoms with Crippen LogP contribution < -0.4 is 5.32 Å². The van der Waals surface area contributed by atoms with Crippen molar-refractivity contribution in [1.29, 1.82) is 0 Å². The quantitative estimate of drug-likeness (QED) is 0.800. The van der Waals surface area contributed by atoms with Crippen LogP contribution in [0.15, 0.2) is 42.5 Å². The maximum atomic E-state index is 13.0. The van der Waals surface area contributed by atoms with Crippen molar-refractivity contribution in [2.45, 2.75) is 6.54 Å². The first-order valence-electron chi connectivity index (χ1n) is 7.09. The van der Waals surface area contributed by atoms with E-state index in [-0.39, 0.29) is 17.3 Å². The fourth-order valence-electron chi connectivity index (χ4n) is 2.03. The highest BCUT2D eigenvalue weighted by Crippen LogP contribution is 2.25. The maximum absolute atomic E-state index is 13.0. The zero-order valence-electron chi connectivity index (χ0n) is 13.2. The van der Waals surface area contributed by atoms with Crippen LogP contribution in [0.4, 0.5) is 10.1 Å². The molecule has 0 aromatic heterocycles. The van der Waals surface area contributed by atoms with E-state index in [1.807, 2.05) is 0 Å². The van der Waals surface area contributed by atoms with Gasteiger partial charge in [-0.1, -0.05) is 35.3 Å². The Morgan fingerprint density at radius 2 is 1.80 bits per heavy atom. The second kappa shape index (κ2) is 8.14. The first-order valence-corrected chi connectivity index (χ1v) is 9.70. The van der Waals surface area contributed by atoms with E-state index in [9.17, 15) is 17.6 Å². The summed E-state index contributed by atoms with van der Waals surface area (Å²) in [5, 5.41) is 3.19. The van der Waals surface area contributed by atoms with Gasteiger partial charge in [0.25, 0.3) is 0 Å². The highest BCUT2D eigenvalue weighted by Gasteiger charge is 2.21. The molecule has 0 aliphatic heterocycles. The van der Waals surface area contributed by atoms with Gasteiger partial charge >= 0.3 is 0 Å². The highest BCUT2D eigenvalue weighted by atomic mass is 35.5. The summed E-state index contributed by atoms with van der Waals surface area (Å²) in [5.74, 6) is -1.00. The molecule has 9 heteroatoms. The van der Waals surface area contributed by atoms with Crippen LogP contribution in [0.25, 0.3) is 0 Å². The maximum Gasteiger partial charge on any atom is 0.239 e. The molecule has 2 aromatic carbocycles. The molecule has 1 N–H and O–H groups in total. The predicted octanol–water partition coefficient (Wildman–Crippen LogP) is 3.53. The Morgan fingerprint density at radius 3 is 2.40 bits per heavy atom. The van der Waals surface area contributed by atoms with Crippen LogP contribution in [-0.2, 0) is 21.4 Å². The van der Waals surface area contributed by atoms with Crippen molar-refractivity contribution >= 4 is 44.8 Å². The molecule has 0 fully saturated rings. The first-order chi connectivity index (χ1) is 11.6. The summed E-state index contributed by atoms with van der Waals surface area (Å²) in [6.45, 7) is -0.477. The third-order valence-electron chi connectivity index (χ3n) is 3.26. The molecule has 0 heterocycles. The summed E-state index contributed by atoms with van der Waals surface area (Å²) in [6.07, 6.45) is 0.996. The smallest absolute Gasteiger partial charge is 0.239 e. The second-order valence-corrected chi connectivity index (χ2v) is 8.16. The minimum Gasteiger partial charge on any atom is -0.324 e. The van der Waals surface area contributed by atoms with E-state index in [1.165, 1.54) is 36.4 Å². The number of carbonyl (C=O) groups is 1. The summed E-state index contributed by atoms with van der Waals surface area (Å²) in [6, 6.07) is 9.91. The van der Waals surface area contributed by atoms with Crippen molar-refractivity contribution in [1.82, 2.24) is 4.31 Å². The molecular formula is C16H15Cl2FN2O3S. The molecule has 0 aliphatic rings. The number of halogens is 3. The number of rotatable bonds is 6. The van der Waals surface area contributed by atoms with Crippen molar-refractivity contribution in [2.75, 3.05) is 18.1 Å². The minimum atomic E-state index is -3.66. The summed E-state index contributed by atoms with van der Waals surface area (Å²) >= 11 is 11.8. The molecule has 1 amide bonds. The van der Waals surface area contributed by atoms with E-state index in [2.05, 4.69) is 5.32 Å². The van der Waals surface area contributed by atoms with Crippen molar-refractivity contribution in [3.63, 3.8) is 0 Å². The van der Waals surface area contributed by atoms with E-state index >= 15 is 0 Å². The Kier molecular flexibility index (Phi) is 6.40. The number of amides is 1. The summed E-state index contributed by atoms with van der Waals surface area (Å²) in [4.78, 5) is 12.2. The number of anilines is 1. The van der Waals surface area contributed by atoms with Crippen LogP contribution in [0.3, 0.4) is 0 Å². The molecule has 25 heavy (non-hydrogen) atoms. The molecule has 5 nitrogen and oxygen atoms in total. The number of sulfonamides is 1. The van der Waals surface area contributed by atoms with E-state index in [4.69, 9.17) is 23.2 Å². The Labute approximate surface area is 155 Å². The van der Waals surface area contributed by atoms with Gasteiger partial charge in [0.15, 0.2) is 0 Å². The van der Waals surface area contributed by atoms with Gasteiger partial charge in [-0.15, -0.1) is 0 Å². The van der Waals surface area contributed by atoms with E-state index in [0.29, 0.717) is 10.6 Å². The van der Waals surface area contributed by atoms with Gasteiger partial charge in [0, 0.05) is 11.6 Å².